The molecule has 0 aliphatic heterocycles. The van der Waals surface area contributed by atoms with Gasteiger partial charge in [-0.2, -0.15) is 5.26 Å². The maximum Gasteiger partial charge on any atom is 0.172 e. The molecule has 7 aromatic carbocycles. The standard InChI is InChI=1S/C35H22NOP/c36-23-24-17-19-27(20-18-24)38(37,34-21-25-9-1-3-11-28(25)30-13-5-7-15-32(30)34)35-22-26-10-2-4-12-29(26)31-14-6-8-16-33(31)35/h1-22H. The summed E-state index contributed by atoms with van der Waals surface area (Å²) in [5, 5.41) is 20.3. The Morgan fingerprint density at radius 1 is 0.474 bits per heavy atom. The molecule has 0 aliphatic carbocycles. The van der Waals surface area contributed by atoms with E-state index in [2.05, 4.69) is 66.7 Å². The van der Waals surface area contributed by atoms with Crippen molar-refractivity contribution in [2.45, 2.75) is 0 Å². The van der Waals surface area contributed by atoms with Crippen molar-refractivity contribution in [3.63, 3.8) is 0 Å². The van der Waals surface area contributed by atoms with Crippen LogP contribution in [-0.4, -0.2) is 0 Å². The number of nitrogens with zero attached hydrogens (tertiary/aromatic N) is 1. The Labute approximate surface area is 220 Å². The molecule has 0 amide bonds. The minimum absolute atomic E-state index is 0.548. The molecule has 0 unspecified atom stereocenters. The third-order valence-corrected chi connectivity index (χ3v) is 10.7. The Morgan fingerprint density at radius 3 is 1.32 bits per heavy atom. The summed E-state index contributed by atoms with van der Waals surface area (Å²) in [6.07, 6.45) is 0. The van der Waals surface area contributed by atoms with E-state index in [1.807, 2.05) is 60.7 Å². The smallest absolute Gasteiger partial charge is 0.172 e. The van der Waals surface area contributed by atoms with Gasteiger partial charge in [0.25, 0.3) is 0 Å². The Balaban J connectivity index is 1.69. The molecule has 7 rings (SSSR count). The summed E-state index contributed by atoms with van der Waals surface area (Å²) in [6, 6.07) is 46.8. The van der Waals surface area contributed by atoms with Crippen LogP contribution in [-0.2, 0) is 4.57 Å². The summed E-state index contributed by atoms with van der Waals surface area (Å²) >= 11 is 0. The highest BCUT2D eigenvalue weighted by molar-refractivity contribution is 7.86. The maximum absolute atomic E-state index is 16.1. The van der Waals surface area contributed by atoms with Crippen molar-refractivity contribution in [3.8, 4) is 6.07 Å². The highest BCUT2D eigenvalue weighted by atomic mass is 31.2. The first-order valence-corrected chi connectivity index (χ1v) is 14.3. The van der Waals surface area contributed by atoms with Gasteiger partial charge >= 0.3 is 0 Å². The number of hydrogen-bond acceptors (Lipinski definition) is 2. The third-order valence-electron chi connectivity index (χ3n) is 7.53. The molecule has 2 nitrogen and oxygen atoms in total. The Morgan fingerprint density at radius 2 is 0.868 bits per heavy atom. The molecule has 0 bridgehead atoms. The average molecular weight is 504 g/mol. The third kappa shape index (κ3) is 3.30. The van der Waals surface area contributed by atoms with Gasteiger partial charge in [0.15, 0.2) is 7.14 Å². The highest BCUT2D eigenvalue weighted by Crippen LogP contribution is 2.48. The summed E-state index contributed by atoms with van der Waals surface area (Å²) in [5.41, 5.74) is 0.548. The van der Waals surface area contributed by atoms with Gasteiger partial charge in [0.1, 0.15) is 0 Å². The predicted octanol–water partition coefficient (Wildman–Crippen LogP) is 7.81. The zero-order valence-electron chi connectivity index (χ0n) is 20.5. The van der Waals surface area contributed by atoms with Gasteiger partial charge in [-0.05, 0) is 79.5 Å². The number of nitriles is 1. The quantitative estimate of drug-likeness (QED) is 0.182. The van der Waals surface area contributed by atoms with Crippen LogP contribution in [0.2, 0.25) is 0 Å². The summed E-state index contributed by atoms with van der Waals surface area (Å²) in [4.78, 5) is 0. The van der Waals surface area contributed by atoms with Gasteiger partial charge in [-0.1, -0.05) is 97.1 Å². The number of fused-ring (bicyclic) bond motifs is 6. The second-order valence-electron chi connectivity index (χ2n) is 9.59. The van der Waals surface area contributed by atoms with Crippen LogP contribution in [0, 0.1) is 11.3 Å². The van der Waals surface area contributed by atoms with Crippen molar-refractivity contribution < 1.29 is 4.57 Å². The van der Waals surface area contributed by atoms with E-state index < -0.39 is 7.14 Å². The van der Waals surface area contributed by atoms with Crippen LogP contribution in [0.3, 0.4) is 0 Å². The first-order valence-electron chi connectivity index (χ1n) is 12.6. The molecule has 0 aliphatic rings. The van der Waals surface area contributed by atoms with Crippen molar-refractivity contribution in [2.24, 2.45) is 0 Å². The summed E-state index contributed by atoms with van der Waals surface area (Å²) in [5.74, 6) is 0. The predicted molar refractivity (Wildman–Crippen MR) is 161 cm³/mol. The van der Waals surface area contributed by atoms with Crippen LogP contribution in [0.1, 0.15) is 5.56 Å². The van der Waals surface area contributed by atoms with Gasteiger partial charge < -0.3 is 4.57 Å². The fourth-order valence-electron chi connectivity index (χ4n) is 5.74. The fourth-order valence-corrected chi connectivity index (χ4v) is 8.84. The molecule has 178 valence electrons. The van der Waals surface area contributed by atoms with Crippen molar-refractivity contribution >= 4 is 66.1 Å². The molecule has 38 heavy (non-hydrogen) atoms. The molecule has 0 saturated heterocycles. The molecule has 0 N–H and O–H groups in total. The minimum atomic E-state index is -3.42. The van der Waals surface area contributed by atoms with Gasteiger partial charge in [0, 0.05) is 15.9 Å². The lowest BCUT2D eigenvalue weighted by molar-refractivity contribution is 0.593. The maximum atomic E-state index is 16.1. The van der Waals surface area contributed by atoms with E-state index in [0.717, 1.165) is 59.0 Å². The van der Waals surface area contributed by atoms with E-state index >= 15 is 4.57 Å². The van der Waals surface area contributed by atoms with E-state index in [4.69, 9.17) is 0 Å². The van der Waals surface area contributed by atoms with Gasteiger partial charge in [-0.25, -0.2) is 0 Å². The number of rotatable bonds is 3. The Kier molecular flexibility index (Phi) is 5.15. The minimum Gasteiger partial charge on any atom is -0.309 e. The molecule has 3 heteroatoms. The molecule has 0 spiro atoms. The van der Waals surface area contributed by atoms with Gasteiger partial charge in [0.05, 0.1) is 11.6 Å². The summed E-state index contributed by atoms with van der Waals surface area (Å²) in [6.45, 7) is 0. The zero-order chi connectivity index (χ0) is 25.7. The molecule has 0 heterocycles. The first kappa shape index (κ1) is 22.5. The van der Waals surface area contributed by atoms with Crippen molar-refractivity contribution in [2.75, 3.05) is 0 Å². The number of benzene rings is 7. The van der Waals surface area contributed by atoms with Gasteiger partial charge in [-0.15, -0.1) is 0 Å². The van der Waals surface area contributed by atoms with Gasteiger partial charge in [0.2, 0.25) is 0 Å². The lowest BCUT2D eigenvalue weighted by Crippen LogP contribution is -2.26. The van der Waals surface area contributed by atoms with Crippen LogP contribution < -0.4 is 15.9 Å². The van der Waals surface area contributed by atoms with Crippen molar-refractivity contribution in [3.05, 3.63) is 139 Å². The second kappa shape index (κ2) is 8.70. The molecular weight excluding hydrogens is 481 g/mol. The summed E-state index contributed by atoms with van der Waals surface area (Å²) in [7, 11) is -3.42. The van der Waals surface area contributed by atoms with Crippen molar-refractivity contribution in [1.29, 1.82) is 5.26 Å². The van der Waals surface area contributed by atoms with Crippen LogP contribution in [0.4, 0.5) is 0 Å². The SMILES string of the molecule is N#Cc1ccc(P(=O)(c2cc3ccccc3c3ccccc23)c2cc3ccccc3c3ccccc23)cc1. The topological polar surface area (TPSA) is 40.9 Å². The van der Waals surface area contributed by atoms with E-state index in [9.17, 15) is 5.26 Å². The first-order chi connectivity index (χ1) is 18.7. The Hall–Kier alpha value is -4.70. The molecule has 0 radical (unpaired) electrons. The lowest BCUT2D eigenvalue weighted by atomic mass is 10.0. The van der Waals surface area contributed by atoms with Crippen LogP contribution in [0.5, 0.6) is 0 Å². The Bertz CT molecular complexity index is 2000. The van der Waals surface area contributed by atoms with Gasteiger partial charge in [-0.3, -0.25) is 0 Å². The normalized spacial score (nSPS) is 11.8. The van der Waals surface area contributed by atoms with Crippen LogP contribution in [0.15, 0.2) is 133 Å². The molecule has 7 aromatic rings. The lowest BCUT2D eigenvalue weighted by Gasteiger charge is -2.25. The zero-order valence-corrected chi connectivity index (χ0v) is 21.4. The molecule has 0 aromatic heterocycles. The van der Waals surface area contributed by atoms with E-state index in [-0.39, 0.29) is 0 Å². The van der Waals surface area contributed by atoms with Crippen molar-refractivity contribution in [1.82, 2.24) is 0 Å². The molecule has 0 atom stereocenters. The average Bonchev–Trinajstić information content (AvgIpc) is 3.00. The highest BCUT2D eigenvalue weighted by Gasteiger charge is 2.34. The van der Waals surface area contributed by atoms with E-state index in [1.54, 1.807) is 12.1 Å². The monoisotopic (exact) mass is 503 g/mol. The summed E-state index contributed by atoms with van der Waals surface area (Å²) < 4.78 is 16.1. The van der Waals surface area contributed by atoms with E-state index in [1.165, 1.54) is 0 Å². The van der Waals surface area contributed by atoms with Crippen LogP contribution >= 0.6 is 7.14 Å². The van der Waals surface area contributed by atoms with E-state index in [0.29, 0.717) is 5.56 Å². The second-order valence-corrected chi connectivity index (χ2v) is 12.3. The largest absolute Gasteiger partial charge is 0.309 e. The fraction of sp³-hybridized carbons (Fsp3) is 0. The molecule has 0 saturated carbocycles. The van der Waals surface area contributed by atoms with Crippen LogP contribution in [0.25, 0.3) is 43.1 Å². The molecule has 0 fully saturated rings. The number of hydrogen-bond donors (Lipinski definition) is 0. The molecular formula is C35H22NOP.